The molecule has 0 radical (unpaired) electrons. The number of aromatic nitrogens is 2. The molecule has 0 aliphatic rings. The summed E-state index contributed by atoms with van der Waals surface area (Å²) in [7, 11) is -3.70. The quantitative estimate of drug-likeness (QED) is 0.922. The fourth-order valence-corrected chi connectivity index (χ4v) is 3.55. The zero-order chi connectivity index (χ0) is 15.0. The molecule has 5 nitrogen and oxygen atoms in total. The Morgan fingerprint density at radius 2 is 2.10 bits per heavy atom. The molecule has 0 saturated carbocycles. The Kier molecular flexibility index (Phi) is 4.09. The summed E-state index contributed by atoms with van der Waals surface area (Å²) in [6.45, 7) is 6.38. The van der Waals surface area contributed by atoms with Crippen molar-refractivity contribution in [3.8, 4) is 0 Å². The molecule has 2 rings (SSSR count). The summed E-state index contributed by atoms with van der Waals surface area (Å²) in [5.41, 5.74) is 0.396. The summed E-state index contributed by atoms with van der Waals surface area (Å²) >= 11 is 5.98. The number of nitrogens with zero attached hydrogens (tertiary/aromatic N) is 2. The lowest BCUT2D eigenvalue weighted by atomic mass is 9.91. The van der Waals surface area contributed by atoms with Gasteiger partial charge in [-0.1, -0.05) is 38.4 Å². The van der Waals surface area contributed by atoms with Gasteiger partial charge in [-0.05, 0) is 24.0 Å². The van der Waals surface area contributed by atoms with Crippen LogP contribution in [0.15, 0.2) is 29.4 Å². The largest absolute Gasteiger partial charge is 0.288 e. The molecule has 110 valence electrons. The van der Waals surface area contributed by atoms with Gasteiger partial charge >= 0.3 is 0 Å². The van der Waals surface area contributed by atoms with E-state index in [9.17, 15) is 8.42 Å². The lowest BCUT2D eigenvalue weighted by molar-refractivity contribution is 0.350. The first-order valence-corrected chi connectivity index (χ1v) is 8.25. The second-order valence-electron chi connectivity index (χ2n) is 5.48. The van der Waals surface area contributed by atoms with Gasteiger partial charge in [0.05, 0.1) is 0 Å². The summed E-state index contributed by atoms with van der Waals surface area (Å²) in [5.74, 6) is 0. The summed E-state index contributed by atoms with van der Waals surface area (Å²) in [6, 6.07) is 5.23. The summed E-state index contributed by atoms with van der Waals surface area (Å²) in [6.07, 6.45) is 2.50. The van der Waals surface area contributed by atoms with Crippen molar-refractivity contribution in [2.45, 2.75) is 32.2 Å². The molecule has 1 N–H and O–H groups in total. The van der Waals surface area contributed by atoms with E-state index in [0.717, 1.165) is 6.42 Å². The third kappa shape index (κ3) is 2.97. The van der Waals surface area contributed by atoms with Crippen molar-refractivity contribution >= 4 is 27.3 Å². The third-order valence-electron chi connectivity index (χ3n) is 3.40. The van der Waals surface area contributed by atoms with Crippen LogP contribution in [0.4, 0.5) is 0 Å². The second-order valence-corrected chi connectivity index (χ2v) is 7.52. The average Bonchev–Trinajstić information content (AvgIpc) is 2.73. The van der Waals surface area contributed by atoms with Crippen molar-refractivity contribution in [1.82, 2.24) is 14.1 Å². The van der Waals surface area contributed by atoms with Gasteiger partial charge in [-0.3, -0.25) is 4.40 Å². The first kappa shape index (κ1) is 15.3. The Hall–Kier alpha value is -1.11. The van der Waals surface area contributed by atoms with Crippen LogP contribution in [-0.4, -0.2) is 24.3 Å². The Labute approximate surface area is 124 Å². The van der Waals surface area contributed by atoms with Gasteiger partial charge in [0.25, 0.3) is 10.0 Å². The van der Waals surface area contributed by atoms with Crippen LogP contribution in [0.5, 0.6) is 0 Å². The highest BCUT2D eigenvalue weighted by Crippen LogP contribution is 2.24. The van der Waals surface area contributed by atoms with Crippen LogP contribution in [0.2, 0.25) is 5.15 Å². The highest BCUT2D eigenvalue weighted by Gasteiger charge is 2.26. The molecule has 20 heavy (non-hydrogen) atoms. The van der Waals surface area contributed by atoms with Crippen molar-refractivity contribution in [3.05, 3.63) is 29.5 Å². The average molecular weight is 316 g/mol. The van der Waals surface area contributed by atoms with Crippen molar-refractivity contribution in [2.75, 3.05) is 6.54 Å². The zero-order valence-electron chi connectivity index (χ0n) is 11.7. The maximum atomic E-state index is 12.4. The van der Waals surface area contributed by atoms with E-state index in [2.05, 4.69) is 9.71 Å². The molecule has 7 heteroatoms. The predicted molar refractivity (Wildman–Crippen MR) is 79.5 cm³/mol. The Balaban J connectivity index is 2.40. The number of sulfonamides is 1. The van der Waals surface area contributed by atoms with E-state index >= 15 is 0 Å². The van der Waals surface area contributed by atoms with Gasteiger partial charge < -0.3 is 0 Å². The molecule has 0 spiro atoms. The molecule has 0 atom stereocenters. The topological polar surface area (TPSA) is 63.5 Å². The molecule has 2 heterocycles. The van der Waals surface area contributed by atoms with Crippen LogP contribution in [-0.2, 0) is 10.0 Å². The lowest BCUT2D eigenvalue weighted by Gasteiger charge is -2.22. The SMILES string of the molecule is CCC(C)(C)CNS(=O)(=O)c1c(Cl)nc2ccccn12. The second kappa shape index (κ2) is 5.35. The molecular formula is C13H18ClN3O2S. The van der Waals surface area contributed by atoms with Gasteiger partial charge in [0.2, 0.25) is 0 Å². The molecule has 0 aliphatic heterocycles. The highest BCUT2D eigenvalue weighted by molar-refractivity contribution is 7.89. The van der Waals surface area contributed by atoms with Gasteiger partial charge in [-0.2, -0.15) is 0 Å². The molecular weight excluding hydrogens is 298 g/mol. The number of imidazole rings is 1. The number of nitrogens with one attached hydrogen (secondary N) is 1. The fraction of sp³-hybridized carbons (Fsp3) is 0.462. The standard InChI is InChI=1S/C13H18ClN3O2S/c1-4-13(2,3)9-15-20(18,19)12-11(14)16-10-7-5-6-8-17(10)12/h5-8,15H,4,9H2,1-3H3. The van der Waals surface area contributed by atoms with Crippen molar-refractivity contribution < 1.29 is 8.42 Å². The number of fused-ring (bicyclic) bond motifs is 1. The minimum atomic E-state index is -3.70. The van der Waals surface area contributed by atoms with E-state index in [0.29, 0.717) is 12.2 Å². The Bertz CT molecular complexity index is 722. The number of hydrogen-bond acceptors (Lipinski definition) is 3. The van der Waals surface area contributed by atoms with Crippen molar-refractivity contribution in [3.63, 3.8) is 0 Å². The van der Waals surface area contributed by atoms with Crippen LogP contribution < -0.4 is 4.72 Å². The van der Waals surface area contributed by atoms with Crippen LogP contribution >= 0.6 is 11.6 Å². The molecule has 2 aromatic heterocycles. The Morgan fingerprint density at radius 3 is 2.75 bits per heavy atom. The third-order valence-corrected chi connectivity index (χ3v) is 5.20. The summed E-state index contributed by atoms with van der Waals surface area (Å²) in [5, 5.41) is -0.0281. The van der Waals surface area contributed by atoms with E-state index in [-0.39, 0.29) is 15.6 Å². The molecule has 0 fully saturated rings. The van der Waals surface area contributed by atoms with Crippen molar-refractivity contribution in [1.29, 1.82) is 0 Å². The monoisotopic (exact) mass is 315 g/mol. The molecule has 0 aromatic carbocycles. The lowest BCUT2D eigenvalue weighted by Crippen LogP contribution is -2.34. The summed E-state index contributed by atoms with van der Waals surface area (Å²) < 4.78 is 29.0. The van der Waals surface area contributed by atoms with Crippen LogP contribution in [0.3, 0.4) is 0 Å². The van der Waals surface area contributed by atoms with Crippen LogP contribution in [0.1, 0.15) is 27.2 Å². The minimum absolute atomic E-state index is 0.0123. The van der Waals surface area contributed by atoms with E-state index in [1.54, 1.807) is 24.4 Å². The van der Waals surface area contributed by atoms with Gasteiger partial charge in [-0.25, -0.2) is 18.1 Å². The molecule has 0 unspecified atom stereocenters. The smallest absolute Gasteiger partial charge is 0.259 e. The van der Waals surface area contributed by atoms with Gasteiger partial charge in [0.15, 0.2) is 10.2 Å². The fourth-order valence-electron chi connectivity index (χ4n) is 1.67. The Morgan fingerprint density at radius 1 is 1.40 bits per heavy atom. The first-order chi connectivity index (χ1) is 9.27. The molecule has 0 bridgehead atoms. The first-order valence-electron chi connectivity index (χ1n) is 6.39. The van der Waals surface area contributed by atoms with E-state index < -0.39 is 10.0 Å². The van der Waals surface area contributed by atoms with E-state index in [1.807, 2.05) is 20.8 Å². The van der Waals surface area contributed by atoms with E-state index in [4.69, 9.17) is 11.6 Å². The predicted octanol–water partition coefficient (Wildman–Crippen LogP) is 2.70. The zero-order valence-corrected chi connectivity index (χ0v) is 13.3. The van der Waals surface area contributed by atoms with E-state index in [1.165, 1.54) is 4.40 Å². The minimum Gasteiger partial charge on any atom is -0.288 e. The molecule has 0 amide bonds. The number of hydrogen-bond donors (Lipinski definition) is 1. The molecule has 0 saturated heterocycles. The maximum absolute atomic E-state index is 12.4. The maximum Gasteiger partial charge on any atom is 0.259 e. The molecule has 2 aromatic rings. The van der Waals surface area contributed by atoms with Gasteiger partial charge in [-0.15, -0.1) is 0 Å². The van der Waals surface area contributed by atoms with Gasteiger partial charge in [0, 0.05) is 12.7 Å². The summed E-state index contributed by atoms with van der Waals surface area (Å²) in [4.78, 5) is 4.05. The number of pyridine rings is 1. The normalized spacial score (nSPS) is 13.0. The number of halogens is 1. The number of rotatable bonds is 5. The van der Waals surface area contributed by atoms with Crippen molar-refractivity contribution in [2.24, 2.45) is 5.41 Å². The van der Waals surface area contributed by atoms with Crippen LogP contribution in [0.25, 0.3) is 5.65 Å². The molecule has 0 aliphatic carbocycles. The van der Waals surface area contributed by atoms with Crippen LogP contribution in [0, 0.1) is 5.41 Å². The highest BCUT2D eigenvalue weighted by atomic mass is 35.5. The van der Waals surface area contributed by atoms with Gasteiger partial charge in [0.1, 0.15) is 5.65 Å².